The molecule has 1 aromatic rings. The minimum absolute atomic E-state index is 0.0476. The summed E-state index contributed by atoms with van der Waals surface area (Å²) in [5.41, 5.74) is 0.163. The van der Waals surface area contributed by atoms with Crippen molar-refractivity contribution in [3.8, 4) is 0 Å². The molecule has 0 saturated heterocycles. The Bertz CT molecular complexity index is 493. The smallest absolute Gasteiger partial charge is 0.337 e. The van der Waals surface area contributed by atoms with Crippen molar-refractivity contribution in [2.24, 2.45) is 0 Å². The normalized spacial score (nSPS) is 10.2. The van der Waals surface area contributed by atoms with Crippen LogP contribution in [0.25, 0.3) is 0 Å². The van der Waals surface area contributed by atoms with E-state index in [1.165, 1.54) is 23.1 Å². The van der Waals surface area contributed by atoms with Crippen molar-refractivity contribution in [2.75, 3.05) is 32.1 Å². The SMILES string of the molecule is CCN(CCOC)C(=O)Nc1ccc(Cl)cc1C(=O)O. The highest BCUT2D eigenvalue weighted by atomic mass is 35.5. The lowest BCUT2D eigenvalue weighted by atomic mass is 10.2. The standard InChI is InChI=1S/C13H17ClN2O4/c1-3-16(6-7-20-2)13(19)15-11-5-4-9(14)8-10(11)12(17)18/h4-5,8H,3,6-7H2,1-2H3,(H,15,19)(H,17,18). The molecule has 0 bridgehead atoms. The van der Waals surface area contributed by atoms with Gasteiger partial charge in [0.05, 0.1) is 17.9 Å². The number of nitrogens with zero attached hydrogens (tertiary/aromatic N) is 1. The van der Waals surface area contributed by atoms with Crippen LogP contribution < -0.4 is 5.32 Å². The summed E-state index contributed by atoms with van der Waals surface area (Å²) in [6.07, 6.45) is 0. The summed E-state index contributed by atoms with van der Waals surface area (Å²) in [6, 6.07) is 3.91. The van der Waals surface area contributed by atoms with Gasteiger partial charge in [0.2, 0.25) is 0 Å². The fraction of sp³-hybridized carbons (Fsp3) is 0.385. The second-order valence-electron chi connectivity index (χ2n) is 4.00. The van der Waals surface area contributed by atoms with Crippen molar-refractivity contribution < 1.29 is 19.4 Å². The molecule has 1 aromatic carbocycles. The molecule has 0 aliphatic rings. The number of rotatable bonds is 6. The van der Waals surface area contributed by atoms with E-state index in [4.69, 9.17) is 21.4 Å². The van der Waals surface area contributed by atoms with Crippen LogP contribution in [0.3, 0.4) is 0 Å². The lowest BCUT2D eigenvalue weighted by molar-refractivity contribution is 0.0698. The number of benzene rings is 1. The van der Waals surface area contributed by atoms with E-state index in [-0.39, 0.29) is 17.3 Å². The summed E-state index contributed by atoms with van der Waals surface area (Å²) in [4.78, 5) is 24.7. The largest absolute Gasteiger partial charge is 0.478 e. The molecule has 0 unspecified atom stereocenters. The van der Waals surface area contributed by atoms with E-state index in [2.05, 4.69) is 5.32 Å². The van der Waals surface area contributed by atoms with E-state index in [9.17, 15) is 9.59 Å². The molecule has 110 valence electrons. The molecular weight excluding hydrogens is 284 g/mol. The number of methoxy groups -OCH3 is 1. The summed E-state index contributed by atoms with van der Waals surface area (Å²) >= 11 is 5.75. The second-order valence-corrected chi connectivity index (χ2v) is 4.43. The quantitative estimate of drug-likeness (QED) is 0.846. The molecule has 0 fully saturated rings. The highest BCUT2D eigenvalue weighted by Gasteiger charge is 2.16. The highest BCUT2D eigenvalue weighted by Crippen LogP contribution is 2.21. The molecule has 7 heteroatoms. The third kappa shape index (κ3) is 4.40. The van der Waals surface area contributed by atoms with Crippen LogP contribution in [0.2, 0.25) is 5.02 Å². The highest BCUT2D eigenvalue weighted by molar-refractivity contribution is 6.31. The zero-order valence-corrected chi connectivity index (χ0v) is 12.1. The number of carboxylic acids is 1. The van der Waals surface area contributed by atoms with Gasteiger partial charge in [0, 0.05) is 25.2 Å². The van der Waals surface area contributed by atoms with E-state index >= 15 is 0 Å². The predicted molar refractivity (Wildman–Crippen MR) is 76.6 cm³/mol. The minimum Gasteiger partial charge on any atom is -0.478 e. The lowest BCUT2D eigenvalue weighted by Crippen LogP contribution is -2.37. The van der Waals surface area contributed by atoms with Gasteiger partial charge in [-0.2, -0.15) is 0 Å². The monoisotopic (exact) mass is 300 g/mol. The van der Waals surface area contributed by atoms with E-state index < -0.39 is 5.97 Å². The van der Waals surface area contributed by atoms with Gasteiger partial charge in [-0.15, -0.1) is 0 Å². The van der Waals surface area contributed by atoms with Gasteiger partial charge in [-0.05, 0) is 25.1 Å². The Kier molecular flexibility index (Phi) is 6.27. The maximum absolute atomic E-state index is 12.0. The zero-order valence-electron chi connectivity index (χ0n) is 11.4. The molecule has 20 heavy (non-hydrogen) atoms. The van der Waals surface area contributed by atoms with E-state index in [0.29, 0.717) is 24.7 Å². The number of halogens is 1. The zero-order chi connectivity index (χ0) is 15.1. The number of aromatic carboxylic acids is 1. The van der Waals surface area contributed by atoms with Crippen LogP contribution in [0.1, 0.15) is 17.3 Å². The Hall–Kier alpha value is -1.79. The van der Waals surface area contributed by atoms with Gasteiger partial charge in [0.25, 0.3) is 0 Å². The van der Waals surface area contributed by atoms with Crippen molar-refractivity contribution in [1.29, 1.82) is 0 Å². The minimum atomic E-state index is -1.15. The topological polar surface area (TPSA) is 78.9 Å². The molecule has 0 saturated carbocycles. The first kappa shape index (κ1) is 16.3. The van der Waals surface area contributed by atoms with Gasteiger partial charge < -0.3 is 20.1 Å². The Balaban J connectivity index is 2.86. The number of carbonyl (C=O) groups excluding carboxylic acids is 1. The maximum atomic E-state index is 12.0. The Labute approximate surface area is 122 Å². The summed E-state index contributed by atoms with van der Waals surface area (Å²) in [6.45, 7) is 3.16. The van der Waals surface area contributed by atoms with Gasteiger partial charge in [-0.3, -0.25) is 0 Å². The molecule has 0 aromatic heterocycles. The van der Waals surface area contributed by atoms with Crippen molar-refractivity contribution >= 4 is 29.3 Å². The Morgan fingerprint density at radius 1 is 1.45 bits per heavy atom. The number of anilines is 1. The van der Waals surface area contributed by atoms with Crippen LogP contribution in [0.4, 0.5) is 10.5 Å². The third-order valence-corrected chi connectivity index (χ3v) is 2.92. The lowest BCUT2D eigenvalue weighted by Gasteiger charge is -2.21. The van der Waals surface area contributed by atoms with Crippen LogP contribution in [0, 0.1) is 0 Å². The van der Waals surface area contributed by atoms with Crippen LogP contribution in [0.15, 0.2) is 18.2 Å². The average molecular weight is 301 g/mol. The summed E-state index contributed by atoms with van der Waals surface area (Å²) in [5.74, 6) is -1.15. The number of nitrogens with one attached hydrogen (secondary N) is 1. The summed E-state index contributed by atoms with van der Waals surface area (Å²) < 4.78 is 4.92. The van der Waals surface area contributed by atoms with E-state index in [1.54, 1.807) is 7.11 Å². The van der Waals surface area contributed by atoms with Crippen LogP contribution in [0.5, 0.6) is 0 Å². The van der Waals surface area contributed by atoms with Gasteiger partial charge in [0.1, 0.15) is 0 Å². The number of hydrogen-bond donors (Lipinski definition) is 2. The fourth-order valence-corrected chi connectivity index (χ4v) is 1.77. The van der Waals surface area contributed by atoms with Crippen LogP contribution in [-0.4, -0.2) is 48.8 Å². The number of carboxylic acid groups (broad SMARTS) is 1. The second kappa shape index (κ2) is 7.72. The molecule has 1 rings (SSSR count). The predicted octanol–water partition coefficient (Wildman–Crippen LogP) is 2.54. The molecule has 0 radical (unpaired) electrons. The van der Waals surface area contributed by atoms with E-state index in [0.717, 1.165) is 0 Å². The Morgan fingerprint density at radius 3 is 2.70 bits per heavy atom. The number of ether oxygens (including phenoxy) is 1. The van der Waals surface area contributed by atoms with Crippen LogP contribution >= 0.6 is 11.6 Å². The number of hydrogen-bond acceptors (Lipinski definition) is 3. The maximum Gasteiger partial charge on any atom is 0.337 e. The number of likely N-dealkylation sites (N-methyl/N-ethyl adjacent to an activating group) is 1. The molecule has 0 heterocycles. The fourth-order valence-electron chi connectivity index (χ4n) is 1.60. The molecule has 2 N–H and O–H groups in total. The van der Waals surface area contributed by atoms with Crippen molar-refractivity contribution in [1.82, 2.24) is 4.90 Å². The summed E-state index contributed by atoms with van der Waals surface area (Å²) in [7, 11) is 1.55. The molecule has 0 aliphatic heterocycles. The van der Waals surface area contributed by atoms with Crippen molar-refractivity contribution in [3.05, 3.63) is 28.8 Å². The molecule has 6 nitrogen and oxygen atoms in total. The molecule has 0 atom stereocenters. The van der Waals surface area contributed by atoms with Gasteiger partial charge >= 0.3 is 12.0 Å². The van der Waals surface area contributed by atoms with E-state index in [1.807, 2.05) is 6.92 Å². The van der Waals surface area contributed by atoms with Gasteiger partial charge in [0.15, 0.2) is 0 Å². The third-order valence-electron chi connectivity index (χ3n) is 2.69. The molecule has 2 amide bonds. The van der Waals surface area contributed by atoms with Crippen molar-refractivity contribution in [3.63, 3.8) is 0 Å². The first-order valence-corrected chi connectivity index (χ1v) is 6.45. The number of amides is 2. The Morgan fingerprint density at radius 2 is 2.15 bits per heavy atom. The summed E-state index contributed by atoms with van der Waals surface area (Å²) in [5, 5.41) is 12.0. The molecule has 0 aliphatic carbocycles. The molecule has 0 spiro atoms. The number of carbonyl (C=O) groups is 2. The van der Waals surface area contributed by atoms with Crippen LogP contribution in [-0.2, 0) is 4.74 Å². The van der Waals surface area contributed by atoms with Gasteiger partial charge in [-0.1, -0.05) is 11.6 Å². The average Bonchev–Trinajstić information content (AvgIpc) is 2.41. The van der Waals surface area contributed by atoms with Crippen molar-refractivity contribution in [2.45, 2.75) is 6.92 Å². The first-order chi connectivity index (χ1) is 9.49. The molecular formula is C13H17ClN2O4. The first-order valence-electron chi connectivity index (χ1n) is 6.07. The van der Waals surface area contributed by atoms with Gasteiger partial charge in [-0.25, -0.2) is 9.59 Å². The number of urea groups is 1.